The van der Waals surface area contributed by atoms with Crippen molar-refractivity contribution in [3.8, 4) is 0 Å². The molecule has 0 aliphatic rings. The van der Waals surface area contributed by atoms with Crippen molar-refractivity contribution in [2.75, 3.05) is 7.05 Å². The molecule has 0 aliphatic heterocycles. The van der Waals surface area contributed by atoms with Crippen molar-refractivity contribution in [1.29, 1.82) is 0 Å². The topological polar surface area (TPSA) is 47.1 Å². The minimum atomic E-state index is 0.0830. The van der Waals surface area contributed by atoms with Gasteiger partial charge in [-0.25, -0.2) is 0 Å². The Hall–Kier alpha value is -0.880. The predicted molar refractivity (Wildman–Crippen MR) is 85.0 cm³/mol. The maximum Gasteiger partial charge on any atom is 0.0931 e. The summed E-state index contributed by atoms with van der Waals surface area (Å²) in [4.78, 5) is 3.52. The number of hydrogen-bond acceptors (Lipinski definition) is 4. The molecule has 6 heteroatoms. The van der Waals surface area contributed by atoms with Crippen LogP contribution >= 0.6 is 22.9 Å². The van der Waals surface area contributed by atoms with E-state index in [9.17, 15) is 0 Å². The highest BCUT2D eigenvalue weighted by molar-refractivity contribution is 7.16. The van der Waals surface area contributed by atoms with Crippen LogP contribution in [0.3, 0.4) is 0 Å². The fourth-order valence-corrected chi connectivity index (χ4v) is 3.58. The van der Waals surface area contributed by atoms with E-state index in [1.165, 1.54) is 4.88 Å². The standard InChI is InChI=1S/C14H21ClN4S/c1-4-12(16)14(10-7-17-19(3)8-10)18(2)9-11-5-6-13(15)20-11/h5-8,12,14H,4,9,16H2,1-3H3. The van der Waals surface area contributed by atoms with Gasteiger partial charge in [-0.2, -0.15) is 5.10 Å². The second-order valence-electron chi connectivity index (χ2n) is 5.09. The second-order valence-corrected chi connectivity index (χ2v) is 6.88. The molecule has 2 aromatic rings. The van der Waals surface area contributed by atoms with Gasteiger partial charge in [0.2, 0.25) is 0 Å². The molecule has 2 rings (SSSR count). The highest BCUT2D eigenvalue weighted by Crippen LogP contribution is 2.28. The number of likely N-dealkylation sites (N-methyl/N-ethyl adjacent to an activating group) is 1. The summed E-state index contributed by atoms with van der Waals surface area (Å²) >= 11 is 7.61. The fourth-order valence-electron chi connectivity index (χ4n) is 2.43. The summed E-state index contributed by atoms with van der Waals surface area (Å²) in [5.41, 5.74) is 7.48. The van der Waals surface area contributed by atoms with Gasteiger partial charge in [0.05, 0.1) is 16.6 Å². The third-order valence-electron chi connectivity index (χ3n) is 3.45. The summed E-state index contributed by atoms with van der Waals surface area (Å²) in [6, 6.07) is 4.25. The van der Waals surface area contributed by atoms with E-state index in [0.717, 1.165) is 22.9 Å². The molecule has 2 N–H and O–H groups in total. The third-order valence-corrected chi connectivity index (χ3v) is 4.67. The van der Waals surface area contributed by atoms with Crippen LogP contribution < -0.4 is 5.73 Å². The number of nitrogens with two attached hydrogens (primary N) is 1. The monoisotopic (exact) mass is 312 g/mol. The van der Waals surface area contributed by atoms with Crippen molar-refractivity contribution < 1.29 is 0 Å². The molecule has 0 saturated carbocycles. The van der Waals surface area contributed by atoms with Gasteiger partial charge < -0.3 is 5.73 Å². The highest BCUT2D eigenvalue weighted by atomic mass is 35.5. The van der Waals surface area contributed by atoms with Crippen LogP contribution in [-0.2, 0) is 13.6 Å². The van der Waals surface area contributed by atoms with Gasteiger partial charge >= 0.3 is 0 Å². The zero-order valence-corrected chi connectivity index (χ0v) is 13.7. The maximum atomic E-state index is 6.32. The Kier molecular flexibility index (Phi) is 5.21. The Morgan fingerprint density at radius 2 is 2.25 bits per heavy atom. The number of halogens is 1. The van der Waals surface area contributed by atoms with E-state index < -0.39 is 0 Å². The number of aryl methyl sites for hydroxylation is 1. The first-order valence-corrected chi connectivity index (χ1v) is 7.89. The molecule has 0 spiro atoms. The molecule has 2 unspecified atom stereocenters. The fraction of sp³-hybridized carbons (Fsp3) is 0.500. The first-order chi connectivity index (χ1) is 9.51. The molecular formula is C14H21ClN4S. The Morgan fingerprint density at radius 3 is 2.75 bits per heavy atom. The molecule has 0 radical (unpaired) electrons. The quantitative estimate of drug-likeness (QED) is 0.892. The molecule has 2 aromatic heterocycles. The van der Waals surface area contributed by atoms with Crippen LogP contribution in [0.1, 0.15) is 29.8 Å². The lowest BCUT2D eigenvalue weighted by atomic mass is 9.99. The molecule has 0 amide bonds. The average molecular weight is 313 g/mol. The summed E-state index contributed by atoms with van der Waals surface area (Å²) in [7, 11) is 4.03. The summed E-state index contributed by atoms with van der Waals surface area (Å²) in [6.07, 6.45) is 4.87. The SMILES string of the molecule is CCC(N)C(c1cnn(C)c1)N(C)Cc1ccc(Cl)s1. The molecule has 20 heavy (non-hydrogen) atoms. The zero-order chi connectivity index (χ0) is 14.7. The highest BCUT2D eigenvalue weighted by Gasteiger charge is 2.24. The largest absolute Gasteiger partial charge is 0.326 e. The molecule has 110 valence electrons. The van der Waals surface area contributed by atoms with Gasteiger partial charge in [0.25, 0.3) is 0 Å². The number of rotatable bonds is 6. The van der Waals surface area contributed by atoms with Crippen LogP contribution in [-0.4, -0.2) is 27.8 Å². The second kappa shape index (κ2) is 6.72. The average Bonchev–Trinajstić information content (AvgIpc) is 2.99. The molecule has 0 saturated heterocycles. The minimum Gasteiger partial charge on any atom is -0.326 e. The first-order valence-electron chi connectivity index (χ1n) is 6.69. The van der Waals surface area contributed by atoms with Crippen LogP contribution in [0, 0.1) is 0 Å². The molecule has 4 nitrogen and oxygen atoms in total. The van der Waals surface area contributed by atoms with Gasteiger partial charge in [-0.05, 0) is 25.6 Å². The Labute approximate surface area is 129 Å². The Balaban J connectivity index is 2.17. The summed E-state index contributed by atoms with van der Waals surface area (Å²) in [5.74, 6) is 0. The minimum absolute atomic E-state index is 0.0830. The third kappa shape index (κ3) is 3.61. The summed E-state index contributed by atoms with van der Waals surface area (Å²) < 4.78 is 2.65. The number of hydrogen-bond donors (Lipinski definition) is 1. The van der Waals surface area contributed by atoms with E-state index in [4.69, 9.17) is 17.3 Å². The molecule has 0 aliphatic carbocycles. The van der Waals surface area contributed by atoms with Gasteiger partial charge in [0, 0.05) is 36.3 Å². The lowest BCUT2D eigenvalue weighted by molar-refractivity contribution is 0.203. The van der Waals surface area contributed by atoms with Gasteiger partial charge in [-0.1, -0.05) is 18.5 Å². The van der Waals surface area contributed by atoms with Gasteiger partial charge in [-0.15, -0.1) is 11.3 Å². The van der Waals surface area contributed by atoms with E-state index in [0.29, 0.717) is 0 Å². The molecule has 2 heterocycles. The maximum absolute atomic E-state index is 6.32. The van der Waals surface area contributed by atoms with E-state index >= 15 is 0 Å². The Morgan fingerprint density at radius 1 is 1.50 bits per heavy atom. The number of thiophene rings is 1. The van der Waals surface area contributed by atoms with Crippen molar-refractivity contribution in [3.63, 3.8) is 0 Å². The van der Waals surface area contributed by atoms with E-state index in [1.807, 2.05) is 30.2 Å². The molecule has 0 fully saturated rings. The van der Waals surface area contributed by atoms with Crippen molar-refractivity contribution >= 4 is 22.9 Å². The van der Waals surface area contributed by atoms with Crippen LogP contribution in [0.15, 0.2) is 24.5 Å². The lowest BCUT2D eigenvalue weighted by Gasteiger charge is -2.31. The van der Waals surface area contributed by atoms with Crippen molar-refractivity contribution in [1.82, 2.24) is 14.7 Å². The zero-order valence-electron chi connectivity index (χ0n) is 12.1. The smallest absolute Gasteiger partial charge is 0.0931 e. The number of aromatic nitrogens is 2. The normalized spacial score (nSPS) is 14.7. The number of nitrogens with zero attached hydrogens (tertiary/aromatic N) is 3. The predicted octanol–water partition coefficient (Wildman–Crippen LogP) is 3.05. The van der Waals surface area contributed by atoms with Gasteiger partial charge in [-0.3, -0.25) is 9.58 Å². The summed E-state index contributed by atoms with van der Waals surface area (Å²) in [5, 5.41) is 4.26. The molecule has 0 bridgehead atoms. The van der Waals surface area contributed by atoms with Gasteiger partial charge in [0.15, 0.2) is 0 Å². The van der Waals surface area contributed by atoms with Crippen LogP contribution in [0.25, 0.3) is 0 Å². The molecular weight excluding hydrogens is 292 g/mol. The summed E-state index contributed by atoms with van der Waals surface area (Å²) in [6.45, 7) is 2.95. The molecule has 2 atom stereocenters. The van der Waals surface area contributed by atoms with E-state index in [1.54, 1.807) is 11.3 Å². The Bertz CT molecular complexity index is 551. The van der Waals surface area contributed by atoms with E-state index in [-0.39, 0.29) is 12.1 Å². The van der Waals surface area contributed by atoms with Crippen molar-refractivity contribution in [2.45, 2.75) is 32.0 Å². The van der Waals surface area contributed by atoms with Crippen molar-refractivity contribution in [3.05, 3.63) is 39.3 Å². The van der Waals surface area contributed by atoms with Crippen LogP contribution in [0.5, 0.6) is 0 Å². The van der Waals surface area contributed by atoms with Crippen LogP contribution in [0.4, 0.5) is 0 Å². The van der Waals surface area contributed by atoms with Gasteiger partial charge in [0.1, 0.15) is 0 Å². The lowest BCUT2D eigenvalue weighted by Crippen LogP contribution is -2.38. The molecule has 0 aromatic carbocycles. The van der Waals surface area contributed by atoms with Crippen LogP contribution in [0.2, 0.25) is 4.34 Å². The first kappa shape index (κ1) is 15.5. The van der Waals surface area contributed by atoms with Crippen molar-refractivity contribution in [2.24, 2.45) is 12.8 Å². The van der Waals surface area contributed by atoms with E-state index in [2.05, 4.69) is 30.0 Å².